The summed E-state index contributed by atoms with van der Waals surface area (Å²) >= 11 is 0. The van der Waals surface area contributed by atoms with Crippen LogP contribution >= 0.6 is 0 Å². The lowest BCUT2D eigenvalue weighted by atomic mass is 10.1. The second kappa shape index (κ2) is 9.45. The number of benzene rings is 2. The molecule has 0 fully saturated rings. The fourth-order valence-electron chi connectivity index (χ4n) is 2.81. The molecule has 1 unspecified atom stereocenters. The van der Waals surface area contributed by atoms with Crippen LogP contribution in [0.3, 0.4) is 0 Å². The zero-order chi connectivity index (χ0) is 22.4. The molecule has 0 bridgehead atoms. The van der Waals surface area contributed by atoms with Gasteiger partial charge in [-0.15, -0.1) is 0 Å². The molecular formula is C24H22N2O4S. The molecule has 31 heavy (non-hydrogen) atoms. The highest BCUT2D eigenvalue weighted by Gasteiger charge is 2.15. The van der Waals surface area contributed by atoms with E-state index in [4.69, 9.17) is 9.47 Å². The summed E-state index contributed by atoms with van der Waals surface area (Å²) in [6.45, 7) is 1.99. The summed E-state index contributed by atoms with van der Waals surface area (Å²) in [6.07, 6.45) is 4.35. The molecule has 1 aromatic heterocycles. The lowest BCUT2D eigenvalue weighted by molar-refractivity contribution is 0.100. The molecule has 0 aliphatic heterocycles. The molecule has 0 aliphatic carbocycles. The summed E-state index contributed by atoms with van der Waals surface area (Å²) in [6, 6.07) is 14.2. The number of nitrogens with zero attached hydrogens (tertiary/aromatic N) is 2. The molecule has 1 amide bonds. The Kier molecular flexibility index (Phi) is 6.73. The molecule has 3 rings (SSSR count). The molecule has 0 spiro atoms. The number of pyridine rings is 1. The Labute approximate surface area is 182 Å². The van der Waals surface area contributed by atoms with E-state index in [1.54, 1.807) is 30.5 Å². The summed E-state index contributed by atoms with van der Waals surface area (Å²) in [5.41, 5.74) is 2.76. The third kappa shape index (κ3) is 5.50. The van der Waals surface area contributed by atoms with Crippen molar-refractivity contribution in [3.63, 3.8) is 0 Å². The van der Waals surface area contributed by atoms with E-state index in [9.17, 15) is 9.00 Å². The number of carbonyl (C=O) groups is 1. The van der Waals surface area contributed by atoms with Crippen molar-refractivity contribution in [2.75, 3.05) is 20.5 Å². The smallest absolute Gasteiger partial charge is 0.286 e. The van der Waals surface area contributed by atoms with Gasteiger partial charge in [-0.1, -0.05) is 24.0 Å². The van der Waals surface area contributed by atoms with E-state index in [-0.39, 0.29) is 5.56 Å². The van der Waals surface area contributed by atoms with Crippen molar-refractivity contribution < 1.29 is 18.5 Å². The molecule has 6 nitrogen and oxygen atoms in total. The zero-order valence-corrected chi connectivity index (χ0v) is 18.5. The van der Waals surface area contributed by atoms with Gasteiger partial charge in [-0.3, -0.25) is 9.78 Å². The van der Waals surface area contributed by atoms with E-state index in [1.165, 1.54) is 26.7 Å². The van der Waals surface area contributed by atoms with Gasteiger partial charge in [-0.05, 0) is 42.8 Å². The van der Waals surface area contributed by atoms with Crippen molar-refractivity contribution in [1.29, 1.82) is 0 Å². The molecule has 2 aromatic carbocycles. The molecule has 0 aliphatic rings. The van der Waals surface area contributed by atoms with E-state index in [0.717, 1.165) is 11.1 Å². The Bertz CT molecular complexity index is 1310. The van der Waals surface area contributed by atoms with E-state index >= 15 is 0 Å². The highest BCUT2D eigenvalue weighted by atomic mass is 32.2. The summed E-state index contributed by atoms with van der Waals surface area (Å²) < 4.78 is 27.5. The Morgan fingerprint density at radius 3 is 2.42 bits per heavy atom. The molecule has 0 saturated heterocycles. The molecule has 1 atom stereocenters. The fourth-order valence-corrected chi connectivity index (χ4v) is 3.98. The van der Waals surface area contributed by atoms with Crippen LogP contribution in [-0.2, 0) is 9.73 Å². The van der Waals surface area contributed by atoms with Gasteiger partial charge in [0.2, 0.25) is 0 Å². The fraction of sp³-hybridized carbons (Fsp3) is 0.167. The van der Waals surface area contributed by atoms with Gasteiger partial charge < -0.3 is 9.47 Å². The quantitative estimate of drug-likeness (QED) is 0.578. The number of carbonyl (C=O) groups excluding carboxylic acids is 1. The minimum absolute atomic E-state index is 0.214. The van der Waals surface area contributed by atoms with E-state index in [1.807, 2.05) is 31.2 Å². The van der Waals surface area contributed by atoms with Gasteiger partial charge in [-0.2, -0.15) is 4.36 Å². The summed E-state index contributed by atoms with van der Waals surface area (Å²) in [5, 5.41) is 0. The standard InChI is InChI=1S/C24H22N2O4S/c1-17-6-5-7-18(12-17)8-9-19-13-20(16-25-15-19)24(27)26-31(4,28)21-10-11-22(29-2)23(14-21)30-3/h5-7,10-16H,1-4H3. The van der Waals surface area contributed by atoms with Crippen LogP contribution < -0.4 is 9.47 Å². The number of rotatable bonds is 4. The first-order valence-corrected chi connectivity index (χ1v) is 11.3. The first-order chi connectivity index (χ1) is 14.8. The summed E-state index contributed by atoms with van der Waals surface area (Å²) in [7, 11) is -0.0191. The Balaban J connectivity index is 1.90. The number of aryl methyl sites for hydroxylation is 1. The van der Waals surface area contributed by atoms with Crippen molar-refractivity contribution >= 4 is 15.6 Å². The average Bonchev–Trinajstić information content (AvgIpc) is 2.77. The maximum Gasteiger partial charge on any atom is 0.286 e. The van der Waals surface area contributed by atoms with Crippen LogP contribution in [0.5, 0.6) is 11.5 Å². The lowest BCUT2D eigenvalue weighted by Crippen LogP contribution is -2.05. The third-order valence-electron chi connectivity index (χ3n) is 4.40. The minimum atomic E-state index is -3.01. The van der Waals surface area contributed by atoms with Crippen LogP contribution in [0.4, 0.5) is 0 Å². The maximum absolute atomic E-state index is 13.1. The molecule has 0 radical (unpaired) electrons. The average molecular weight is 435 g/mol. The van der Waals surface area contributed by atoms with Crippen LogP contribution in [0.15, 0.2) is 70.2 Å². The van der Waals surface area contributed by atoms with Crippen LogP contribution in [-0.4, -0.2) is 35.6 Å². The lowest BCUT2D eigenvalue weighted by Gasteiger charge is -2.10. The topological polar surface area (TPSA) is 77.9 Å². The van der Waals surface area contributed by atoms with Crippen molar-refractivity contribution in [2.45, 2.75) is 11.8 Å². The largest absolute Gasteiger partial charge is 0.493 e. The van der Waals surface area contributed by atoms with Gasteiger partial charge in [0.15, 0.2) is 11.5 Å². The minimum Gasteiger partial charge on any atom is -0.493 e. The molecule has 7 heteroatoms. The Morgan fingerprint density at radius 1 is 0.968 bits per heavy atom. The van der Waals surface area contributed by atoms with Crippen molar-refractivity contribution in [3.05, 3.63) is 83.2 Å². The summed E-state index contributed by atoms with van der Waals surface area (Å²) in [5.74, 6) is 6.32. The monoisotopic (exact) mass is 434 g/mol. The first-order valence-electron chi connectivity index (χ1n) is 9.34. The highest BCUT2D eigenvalue weighted by molar-refractivity contribution is 7.93. The summed E-state index contributed by atoms with van der Waals surface area (Å²) in [4.78, 5) is 17.1. The zero-order valence-electron chi connectivity index (χ0n) is 17.7. The maximum atomic E-state index is 13.1. The van der Waals surface area contributed by atoms with Crippen molar-refractivity contribution in [2.24, 2.45) is 4.36 Å². The molecule has 158 valence electrons. The number of aromatic nitrogens is 1. The molecular weight excluding hydrogens is 412 g/mol. The predicted molar refractivity (Wildman–Crippen MR) is 120 cm³/mol. The van der Waals surface area contributed by atoms with Gasteiger partial charge >= 0.3 is 0 Å². The Hall–Kier alpha value is -3.63. The normalized spacial score (nSPS) is 12.1. The van der Waals surface area contributed by atoms with Gasteiger partial charge in [0.1, 0.15) is 0 Å². The van der Waals surface area contributed by atoms with E-state index < -0.39 is 15.6 Å². The molecule has 0 N–H and O–H groups in total. The van der Waals surface area contributed by atoms with E-state index in [2.05, 4.69) is 21.2 Å². The van der Waals surface area contributed by atoms with Crippen LogP contribution in [0, 0.1) is 18.8 Å². The molecule has 0 saturated carbocycles. The van der Waals surface area contributed by atoms with Crippen molar-refractivity contribution in [3.8, 4) is 23.3 Å². The first kappa shape index (κ1) is 22.1. The Morgan fingerprint density at radius 2 is 1.71 bits per heavy atom. The highest BCUT2D eigenvalue weighted by Crippen LogP contribution is 2.30. The number of hydrogen-bond donors (Lipinski definition) is 0. The van der Waals surface area contributed by atoms with Gasteiger partial charge in [0.05, 0.1) is 34.4 Å². The number of ether oxygens (including phenoxy) is 2. The number of methoxy groups -OCH3 is 2. The van der Waals surface area contributed by atoms with Crippen LogP contribution in [0.2, 0.25) is 0 Å². The second-order valence-corrected chi connectivity index (χ2v) is 9.06. The molecule has 1 heterocycles. The van der Waals surface area contributed by atoms with E-state index in [0.29, 0.717) is 22.0 Å². The second-order valence-electron chi connectivity index (χ2n) is 6.80. The third-order valence-corrected chi connectivity index (χ3v) is 6.05. The predicted octanol–water partition coefficient (Wildman–Crippen LogP) is 4.10. The SMILES string of the molecule is COc1ccc(S(C)(=O)=NC(=O)c2cncc(C#Cc3cccc(C)c3)c2)cc1OC. The number of hydrogen-bond acceptors (Lipinski definition) is 5. The van der Waals surface area contributed by atoms with Crippen LogP contribution in [0.25, 0.3) is 0 Å². The number of amides is 1. The van der Waals surface area contributed by atoms with Crippen molar-refractivity contribution in [1.82, 2.24) is 4.98 Å². The van der Waals surface area contributed by atoms with Gasteiger partial charge in [0, 0.05) is 35.8 Å². The van der Waals surface area contributed by atoms with Gasteiger partial charge in [-0.25, -0.2) is 4.21 Å². The van der Waals surface area contributed by atoms with Crippen LogP contribution in [0.1, 0.15) is 27.0 Å². The van der Waals surface area contributed by atoms with Gasteiger partial charge in [0.25, 0.3) is 5.91 Å². The molecule has 3 aromatic rings.